The van der Waals surface area contributed by atoms with E-state index in [4.69, 9.17) is 0 Å². The first-order chi connectivity index (χ1) is 41.1. The molecule has 0 heterocycles. The van der Waals surface area contributed by atoms with Crippen LogP contribution in [0.3, 0.4) is 0 Å². The largest absolute Gasteiger partial charge is 0.311 e. The van der Waals surface area contributed by atoms with Crippen molar-refractivity contribution in [2.24, 2.45) is 0 Å². The van der Waals surface area contributed by atoms with Gasteiger partial charge in [-0.25, -0.2) is 0 Å². The molecule has 3 heteroatoms. The molecule has 0 bridgehead atoms. The average Bonchev–Trinajstić information content (AvgIpc) is 3.74. The number of hydrogen-bond acceptors (Lipinski definition) is 3. The van der Waals surface area contributed by atoms with E-state index < -0.39 is 0 Å². The van der Waals surface area contributed by atoms with Crippen molar-refractivity contribution in [1.29, 1.82) is 0 Å². The Morgan fingerprint density at radius 3 is 0.687 bits per heavy atom. The highest BCUT2D eigenvalue weighted by Gasteiger charge is 2.21. The maximum absolute atomic E-state index is 2.40. The van der Waals surface area contributed by atoms with E-state index in [-0.39, 0.29) is 0 Å². The highest BCUT2D eigenvalue weighted by atomic mass is 15.2. The molecule has 388 valence electrons. The Morgan fingerprint density at radius 2 is 0.373 bits per heavy atom. The lowest BCUT2D eigenvalue weighted by Crippen LogP contribution is -2.10. The Kier molecular flexibility index (Phi) is 11.5. The summed E-state index contributed by atoms with van der Waals surface area (Å²) in [5.74, 6) is 0. The molecule has 0 saturated carbocycles. The van der Waals surface area contributed by atoms with Gasteiger partial charge in [-0.3, -0.25) is 0 Å². The lowest BCUT2D eigenvalue weighted by molar-refractivity contribution is 1.28. The van der Waals surface area contributed by atoms with Gasteiger partial charge in [-0.15, -0.1) is 0 Å². The lowest BCUT2D eigenvalue weighted by Gasteiger charge is -2.28. The van der Waals surface area contributed by atoms with Crippen molar-refractivity contribution in [3.05, 3.63) is 322 Å². The van der Waals surface area contributed by atoms with Gasteiger partial charge >= 0.3 is 0 Å². The van der Waals surface area contributed by atoms with E-state index in [1.54, 1.807) is 0 Å². The fourth-order valence-electron chi connectivity index (χ4n) is 12.9. The summed E-state index contributed by atoms with van der Waals surface area (Å²) in [4.78, 5) is 7.12. The van der Waals surface area contributed by atoms with E-state index in [2.05, 4.69) is 336 Å². The molecule has 0 unspecified atom stereocenters. The molecule has 0 spiro atoms. The van der Waals surface area contributed by atoms with E-state index in [0.29, 0.717) is 0 Å². The molecule has 0 atom stereocenters. The summed E-state index contributed by atoms with van der Waals surface area (Å²) in [5, 5.41) is 15.3. The minimum absolute atomic E-state index is 1.09. The van der Waals surface area contributed by atoms with Gasteiger partial charge in [0.2, 0.25) is 0 Å². The van der Waals surface area contributed by atoms with Crippen molar-refractivity contribution in [2.45, 2.75) is 0 Å². The summed E-state index contributed by atoms with van der Waals surface area (Å²) >= 11 is 0. The van der Waals surface area contributed by atoms with Crippen LogP contribution in [-0.2, 0) is 0 Å². The fraction of sp³-hybridized carbons (Fsp3) is 0. The molecule has 0 aliphatic heterocycles. The highest BCUT2D eigenvalue weighted by Crippen LogP contribution is 2.47. The summed E-state index contributed by atoms with van der Waals surface area (Å²) < 4.78 is 0. The van der Waals surface area contributed by atoms with Gasteiger partial charge < -0.3 is 14.7 Å². The molecule has 16 rings (SSSR count). The van der Waals surface area contributed by atoms with Crippen molar-refractivity contribution in [3.8, 4) is 33.4 Å². The van der Waals surface area contributed by atoms with E-state index in [1.807, 2.05) is 0 Å². The Hall–Kier alpha value is -11.0. The number of nitrogens with zero attached hydrogens (tertiary/aromatic N) is 3. The first-order valence-corrected chi connectivity index (χ1v) is 28.6. The van der Waals surface area contributed by atoms with E-state index >= 15 is 0 Å². The third-order valence-electron chi connectivity index (χ3n) is 16.9. The van der Waals surface area contributed by atoms with Gasteiger partial charge in [-0.1, -0.05) is 224 Å². The first-order valence-electron chi connectivity index (χ1n) is 28.6. The molecular formula is C80H53N3. The third-order valence-corrected chi connectivity index (χ3v) is 16.9. The number of anilines is 9. The number of rotatable bonds is 12. The Bertz CT molecular complexity index is 4930. The Labute approximate surface area is 482 Å². The van der Waals surface area contributed by atoms with E-state index in [9.17, 15) is 0 Å². The maximum atomic E-state index is 2.40. The van der Waals surface area contributed by atoms with Gasteiger partial charge in [0.05, 0.1) is 11.4 Å². The van der Waals surface area contributed by atoms with Crippen LogP contribution in [0.2, 0.25) is 0 Å². The summed E-state index contributed by atoms with van der Waals surface area (Å²) in [6, 6.07) is 117. The molecule has 0 aliphatic carbocycles. The van der Waals surface area contributed by atoms with E-state index in [1.165, 1.54) is 86.9 Å². The monoisotopic (exact) mass is 1060 g/mol. The summed E-state index contributed by atoms with van der Waals surface area (Å²) in [6.45, 7) is 0. The second-order valence-corrected chi connectivity index (χ2v) is 21.7. The van der Waals surface area contributed by atoms with Crippen molar-refractivity contribution >= 4 is 116 Å². The number of para-hydroxylation sites is 3. The zero-order chi connectivity index (χ0) is 54.8. The molecule has 83 heavy (non-hydrogen) atoms. The molecule has 16 aromatic carbocycles. The highest BCUT2D eigenvalue weighted by molar-refractivity contribution is 6.27. The summed E-state index contributed by atoms with van der Waals surface area (Å²) in [6.07, 6.45) is 0. The SMILES string of the molecule is c1ccc(N(c2ccc(-c3ccc(-c4ccc(N(c5ccccc5)c5ccc6ccc7cccc8ccc5c6c78)cc4)cc3)cc2)c2ccc(-c3ccc(N(c4ccccc4)c4ccc5ccc6cccc7ccc4c5c67)cc3)cc2)cc1. The van der Waals surface area contributed by atoms with Gasteiger partial charge in [0, 0.05) is 50.6 Å². The molecule has 3 nitrogen and oxygen atoms in total. The Balaban J connectivity index is 0.659. The zero-order valence-electron chi connectivity index (χ0n) is 45.4. The average molecular weight is 1060 g/mol. The van der Waals surface area contributed by atoms with Crippen molar-refractivity contribution in [1.82, 2.24) is 0 Å². The first kappa shape index (κ1) is 48.0. The topological polar surface area (TPSA) is 9.72 Å². The van der Waals surface area contributed by atoms with Crippen LogP contribution in [0.25, 0.3) is 98.0 Å². The normalized spacial score (nSPS) is 11.6. The predicted molar refractivity (Wildman–Crippen MR) is 354 cm³/mol. The predicted octanol–water partition coefficient (Wildman–Crippen LogP) is 22.9. The molecule has 0 aromatic heterocycles. The van der Waals surface area contributed by atoms with Crippen LogP contribution >= 0.6 is 0 Å². The van der Waals surface area contributed by atoms with Crippen molar-refractivity contribution < 1.29 is 0 Å². The van der Waals surface area contributed by atoms with Crippen LogP contribution in [0.15, 0.2) is 322 Å². The maximum Gasteiger partial charge on any atom is 0.0540 e. The van der Waals surface area contributed by atoms with Crippen molar-refractivity contribution in [2.75, 3.05) is 14.7 Å². The second-order valence-electron chi connectivity index (χ2n) is 21.7. The fourth-order valence-corrected chi connectivity index (χ4v) is 12.9. The van der Waals surface area contributed by atoms with Gasteiger partial charge in [0.25, 0.3) is 0 Å². The molecular weight excluding hydrogens is 1000 g/mol. The molecule has 0 amide bonds. The van der Waals surface area contributed by atoms with Gasteiger partial charge in [0.1, 0.15) is 0 Å². The van der Waals surface area contributed by atoms with E-state index in [0.717, 1.165) is 62.3 Å². The molecule has 0 saturated heterocycles. The van der Waals surface area contributed by atoms with Crippen LogP contribution < -0.4 is 14.7 Å². The summed E-state index contributed by atoms with van der Waals surface area (Å²) in [7, 11) is 0. The standard InChI is InChI=1S/C80H53N3/c1-4-16-66(17-5-1)81(70-44-32-58(33-45-70)59-36-48-72(49-37-59)83(68-20-8-3-9-21-68)76-53-41-65-29-27-61-13-11-15-63-39-51-74(76)80(65)78(61)63)69-42-30-56(31-43-69)54-22-24-55(25-23-54)57-34-46-71(47-35-57)82(67-18-6-2-7-19-67)75-52-40-64-28-26-60-12-10-14-62-38-50-73(75)79(64)77(60)62/h1-53H. The molecule has 16 aromatic rings. The van der Waals surface area contributed by atoms with Crippen LogP contribution in [0.5, 0.6) is 0 Å². The molecule has 0 N–H and O–H groups in total. The van der Waals surface area contributed by atoms with Crippen LogP contribution in [0.1, 0.15) is 0 Å². The molecule has 0 fully saturated rings. The quantitative estimate of drug-likeness (QED) is 0.113. The van der Waals surface area contributed by atoms with Crippen molar-refractivity contribution in [3.63, 3.8) is 0 Å². The minimum atomic E-state index is 1.09. The number of benzene rings is 16. The smallest absolute Gasteiger partial charge is 0.0540 e. The summed E-state index contributed by atoms with van der Waals surface area (Å²) in [5.41, 5.74) is 17.1. The third kappa shape index (κ3) is 8.37. The van der Waals surface area contributed by atoms with Gasteiger partial charge in [-0.2, -0.15) is 0 Å². The second kappa shape index (κ2) is 20.0. The van der Waals surface area contributed by atoms with Crippen LogP contribution in [0, 0.1) is 0 Å². The molecule has 0 radical (unpaired) electrons. The molecule has 0 aliphatic rings. The van der Waals surface area contributed by atoms with Crippen LogP contribution in [-0.4, -0.2) is 0 Å². The number of hydrogen-bond donors (Lipinski definition) is 0. The Morgan fingerprint density at radius 1 is 0.145 bits per heavy atom. The zero-order valence-corrected chi connectivity index (χ0v) is 45.4. The van der Waals surface area contributed by atoms with Crippen LogP contribution in [0.4, 0.5) is 51.2 Å². The minimum Gasteiger partial charge on any atom is -0.311 e. The van der Waals surface area contributed by atoms with Gasteiger partial charge in [-0.05, 0) is 184 Å². The lowest BCUT2D eigenvalue weighted by atomic mass is 9.93. The van der Waals surface area contributed by atoms with Gasteiger partial charge in [0.15, 0.2) is 0 Å².